The van der Waals surface area contributed by atoms with Crippen LogP contribution in [0.4, 0.5) is 13.2 Å². The lowest BCUT2D eigenvalue weighted by Crippen LogP contribution is -2.37. The monoisotopic (exact) mass is 400 g/mol. The lowest BCUT2D eigenvalue weighted by molar-refractivity contribution is -0.153. The van der Waals surface area contributed by atoms with Crippen molar-refractivity contribution in [2.75, 3.05) is 20.2 Å². The van der Waals surface area contributed by atoms with Crippen LogP contribution in [0, 0.1) is 0 Å². The van der Waals surface area contributed by atoms with Gasteiger partial charge in [-0.2, -0.15) is 13.2 Å². The van der Waals surface area contributed by atoms with Gasteiger partial charge in [0.15, 0.2) is 12.6 Å². The third kappa shape index (κ3) is 7.86. The molecular formula is C18H23F3N4OS. The third-order valence-electron chi connectivity index (χ3n) is 3.57. The predicted molar refractivity (Wildman–Crippen MR) is 101 cm³/mol. The van der Waals surface area contributed by atoms with Crippen molar-refractivity contribution >= 4 is 17.3 Å². The van der Waals surface area contributed by atoms with Gasteiger partial charge in [0, 0.05) is 37.6 Å². The minimum atomic E-state index is -4.35. The van der Waals surface area contributed by atoms with E-state index in [1.807, 2.05) is 12.3 Å². The highest BCUT2D eigenvalue weighted by Crippen LogP contribution is 2.19. The quantitative estimate of drug-likeness (QED) is 0.526. The highest BCUT2D eigenvalue weighted by Gasteiger charge is 2.28. The van der Waals surface area contributed by atoms with E-state index in [1.54, 1.807) is 30.5 Å². The molecule has 9 heteroatoms. The first kappa shape index (κ1) is 21.0. The summed E-state index contributed by atoms with van der Waals surface area (Å²) in [5, 5.41) is 7.41. The van der Waals surface area contributed by atoms with Gasteiger partial charge in [0.05, 0.1) is 5.01 Å². The fourth-order valence-corrected chi connectivity index (χ4v) is 3.09. The van der Waals surface area contributed by atoms with Gasteiger partial charge in [-0.05, 0) is 24.1 Å². The van der Waals surface area contributed by atoms with Crippen LogP contribution in [0.1, 0.15) is 22.4 Å². The maximum Gasteiger partial charge on any atom is 0.422 e. The molecule has 1 aromatic heterocycles. The Balaban J connectivity index is 1.78. The Bertz CT molecular complexity index is 746. The number of thiazole rings is 1. The first-order valence-electron chi connectivity index (χ1n) is 8.56. The standard InChI is InChI=1S/C18H23F3N4OS/c1-3-15-11-24-16(27-15)7-8-23-17(22-2)25-10-13-5-4-6-14(9-13)26-12-18(19,20)21/h4-6,9,11H,3,7-8,10,12H2,1-2H3,(H2,22,23,25). The SMILES string of the molecule is CCc1cnc(CCNC(=NC)NCc2cccc(OCC(F)(F)F)c2)s1. The van der Waals surface area contributed by atoms with Crippen molar-refractivity contribution in [3.05, 3.63) is 45.9 Å². The van der Waals surface area contributed by atoms with Crippen LogP contribution in [0.3, 0.4) is 0 Å². The Morgan fingerprint density at radius 3 is 2.78 bits per heavy atom. The Morgan fingerprint density at radius 1 is 1.30 bits per heavy atom. The van der Waals surface area contributed by atoms with Crippen LogP contribution in [0.5, 0.6) is 5.75 Å². The molecule has 0 spiro atoms. The number of hydrogen-bond donors (Lipinski definition) is 2. The zero-order valence-electron chi connectivity index (χ0n) is 15.3. The Hall–Kier alpha value is -2.29. The molecule has 0 unspecified atom stereocenters. The number of nitrogens with zero attached hydrogens (tertiary/aromatic N) is 2. The minimum absolute atomic E-state index is 0.185. The Morgan fingerprint density at radius 2 is 2.11 bits per heavy atom. The van der Waals surface area contributed by atoms with E-state index in [1.165, 1.54) is 10.9 Å². The fraction of sp³-hybridized carbons (Fsp3) is 0.444. The van der Waals surface area contributed by atoms with E-state index in [4.69, 9.17) is 4.74 Å². The summed E-state index contributed by atoms with van der Waals surface area (Å²) >= 11 is 1.70. The average Bonchev–Trinajstić information content (AvgIpc) is 3.10. The number of alkyl halides is 3. The second-order valence-electron chi connectivity index (χ2n) is 5.73. The lowest BCUT2D eigenvalue weighted by Gasteiger charge is -2.13. The zero-order valence-corrected chi connectivity index (χ0v) is 16.1. The minimum Gasteiger partial charge on any atom is -0.484 e. The molecule has 0 atom stereocenters. The van der Waals surface area contributed by atoms with Crippen molar-refractivity contribution in [3.8, 4) is 5.75 Å². The summed E-state index contributed by atoms with van der Waals surface area (Å²) in [7, 11) is 1.66. The van der Waals surface area contributed by atoms with Gasteiger partial charge in [0.2, 0.25) is 0 Å². The van der Waals surface area contributed by atoms with E-state index in [9.17, 15) is 13.2 Å². The summed E-state index contributed by atoms with van der Waals surface area (Å²) in [5.41, 5.74) is 0.796. The molecule has 1 aromatic carbocycles. The number of ether oxygens (including phenoxy) is 1. The van der Waals surface area contributed by atoms with E-state index in [2.05, 4.69) is 27.5 Å². The van der Waals surface area contributed by atoms with Crippen LogP contribution < -0.4 is 15.4 Å². The topological polar surface area (TPSA) is 58.5 Å². The maximum absolute atomic E-state index is 12.2. The van der Waals surface area contributed by atoms with E-state index < -0.39 is 12.8 Å². The summed E-state index contributed by atoms with van der Waals surface area (Å²) in [6.07, 6.45) is -0.664. The lowest BCUT2D eigenvalue weighted by atomic mass is 10.2. The van der Waals surface area contributed by atoms with Crippen LogP contribution in [-0.4, -0.2) is 37.3 Å². The van der Waals surface area contributed by atoms with Crippen LogP contribution in [0.15, 0.2) is 35.5 Å². The smallest absolute Gasteiger partial charge is 0.422 e. The average molecular weight is 400 g/mol. The molecule has 2 N–H and O–H groups in total. The second-order valence-corrected chi connectivity index (χ2v) is 6.93. The summed E-state index contributed by atoms with van der Waals surface area (Å²) in [6, 6.07) is 6.55. The molecule has 0 aliphatic rings. The van der Waals surface area contributed by atoms with Gasteiger partial charge in [-0.1, -0.05) is 19.1 Å². The summed E-state index contributed by atoms with van der Waals surface area (Å²) in [6.45, 7) is 1.90. The molecule has 0 aliphatic heterocycles. The highest BCUT2D eigenvalue weighted by molar-refractivity contribution is 7.11. The maximum atomic E-state index is 12.2. The van der Waals surface area contributed by atoms with Gasteiger partial charge in [-0.15, -0.1) is 11.3 Å². The van der Waals surface area contributed by atoms with Crippen LogP contribution in [0.2, 0.25) is 0 Å². The Labute approximate surface area is 160 Å². The first-order valence-corrected chi connectivity index (χ1v) is 9.38. The van der Waals surface area contributed by atoms with Crippen LogP contribution in [0.25, 0.3) is 0 Å². The van der Waals surface area contributed by atoms with Gasteiger partial charge in [0.25, 0.3) is 0 Å². The molecule has 0 amide bonds. The van der Waals surface area contributed by atoms with E-state index >= 15 is 0 Å². The first-order chi connectivity index (χ1) is 12.9. The van der Waals surface area contributed by atoms with Crippen molar-refractivity contribution in [1.82, 2.24) is 15.6 Å². The molecular weight excluding hydrogens is 377 g/mol. The third-order valence-corrected chi connectivity index (χ3v) is 4.77. The number of hydrogen-bond acceptors (Lipinski definition) is 4. The molecule has 148 valence electrons. The molecule has 0 radical (unpaired) electrons. The van der Waals surface area contributed by atoms with Crippen molar-refractivity contribution in [1.29, 1.82) is 0 Å². The second kappa shape index (κ2) is 10.1. The van der Waals surface area contributed by atoms with Crippen LogP contribution in [-0.2, 0) is 19.4 Å². The molecule has 5 nitrogen and oxygen atoms in total. The number of halogens is 3. The van der Waals surface area contributed by atoms with Gasteiger partial charge in [-0.3, -0.25) is 4.99 Å². The number of rotatable bonds is 8. The van der Waals surface area contributed by atoms with E-state index in [0.717, 1.165) is 23.4 Å². The Kier molecular flexibility index (Phi) is 7.90. The largest absolute Gasteiger partial charge is 0.484 e. The number of benzene rings is 1. The highest BCUT2D eigenvalue weighted by atomic mass is 32.1. The predicted octanol–water partition coefficient (Wildman–Crippen LogP) is 3.55. The van der Waals surface area contributed by atoms with Crippen molar-refractivity contribution < 1.29 is 17.9 Å². The van der Waals surface area contributed by atoms with Gasteiger partial charge < -0.3 is 15.4 Å². The molecule has 27 heavy (non-hydrogen) atoms. The normalized spacial score (nSPS) is 12.1. The summed E-state index contributed by atoms with van der Waals surface area (Å²) in [5.74, 6) is 0.800. The molecule has 2 aromatic rings. The summed E-state index contributed by atoms with van der Waals surface area (Å²) < 4.78 is 41.5. The molecule has 1 heterocycles. The van der Waals surface area contributed by atoms with E-state index in [0.29, 0.717) is 19.0 Å². The van der Waals surface area contributed by atoms with Gasteiger partial charge in [-0.25, -0.2) is 4.98 Å². The van der Waals surface area contributed by atoms with E-state index in [-0.39, 0.29) is 5.75 Å². The van der Waals surface area contributed by atoms with Gasteiger partial charge >= 0.3 is 6.18 Å². The van der Waals surface area contributed by atoms with Crippen LogP contribution >= 0.6 is 11.3 Å². The molecule has 0 aliphatic carbocycles. The molecule has 0 saturated carbocycles. The van der Waals surface area contributed by atoms with Gasteiger partial charge in [0.1, 0.15) is 5.75 Å². The molecule has 0 saturated heterocycles. The number of nitrogens with one attached hydrogen (secondary N) is 2. The number of aliphatic imine (C=N–C) groups is 1. The zero-order chi connectivity index (χ0) is 19.7. The number of guanidine groups is 1. The fourth-order valence-electron chi connectivity index (χ4n) is 2.23. The van der Waals surface area contributed by atoms with Crippen molar-refractivity contribution in [3.63, 3.8) is 0 Å². The molecule has 2 rings (SSSR count). The number of aromatic nitrogens is 1. The molecule has 0 bridgehead atoms. The summed E-state index contributed by atoms with van der Waals surface area (Å²) in [4.78, 5) is 9.78. The molecule has 0 fully saturated rings. The van der Waals surface area contributed by atoms with Crippen molar-refractivity contribution in [2.24, 2.45) is 4.99 Å². The number of aryl methyl sites for hydroxylation is 1. The van der Waals surface area contributed by atoms with Crippen molar-refractivity contribution in [2.45, 2.75) is 32.5 Å².